The number of nitrogens with zero attached hydrogens (tertiary/aromatic N) is 2. The van der Waals surface area contributed by atoms with Crippen molar-refractivity contribution >= 4 is 17.2 Å². The van der Waals surface area contributed by atoms with Gasteiger partial charge >= 0.3 is 0 Å². The third-order valence-electron chi connectivity index (χ3n) is 4.04. The SMILES string of the molecule is Cc1nc(C(=O)N2CCCCC2C)c(-c2ccccc2)s1. The minimum absolute atomic E-state index is 0.0883. The number of carbonyl (C=O) groups excluding carboxylic acids is 1. The van der Waals surface area contributed by atoms with Crippen LogP contribution < -0.4 is 0 Å². The van der Waals surface area contributed by atoms with E-state index in [0.717, 1.165) is 34.8 Å². The normalized spacial score (nSPS) is 18.8. The number of hydrogen-bond donors (Lipinski definition) is 0. The maximum atomic E-state index is 12.9. The average Bonchev–Trinajstić information content (AvgIpc) is 2.90. The number of likely N-dealkylation sites (tertiary alicyclic amines) is 1. The summed E-state index contributed by atoms with van der Waals surface area (Å²) < 4.78 is 0. The van der Waals surface area contributed by atoms with Crippen molar-refractivity contribution in [2.24, 2.45) is 0 Å². The first-order valence-electron chi connectivity index (χ1n) is 7.50. The number of aryl methyl sites for hydroxylation is 1. The van der Waals surface area contributed by atoms with E-state index in [2.05, 4.69) is 11.9 Å². The van der Waals surface area contributed by atoms with Crippen molar-refractivity contribution in [3.63, 3.8) is 0 Å². The molecule has 3 nitrogen and oxygen atoms in total. The van der Waals surface area contributed by atoms with Crippen LogP contribution in [0.4, 0.5) is 0 Å². The second kappa shape index (κ2) is 5.98. The Labute approximate surface area is 129 Å². The van der Waals surface area contributed by atoms with E-state index in [-0.39, 0.29) is 5.91 Å². The van der Waals surface area contributed by atoms with Crippen LogP contribution in [0.25, 0.3) is 10.4 Å². The van der Waals surface area contributed by atoms with Gasteiger partial charge in [-0.15, -0.1) is 11.3 Å². The van der Waals surface area contributed by atoms with E-state index in [1.54, 1.807) is 11.3 Å². The number of carbonyl (C=O) groups is 1. The standard InChI is InChI=1S/C17H20N2OS/c1-12-8-6-7-11-19(12)17(20)15-16(21-13(2)18-15)14-9-4-3-5-10-14/h3-5,9-10,12H,6-8,11H2,1-2H3. The van der Waals surface area contributed by atoms with Crippen molar-refractivity contribution in [1.29, 1.82) is 0 Å². The lowest BCUT2D eigenvalue weighted by molar-refractivity contribution is 0.0631. The van der Waals surface area contributed by atoms with E-state index in [9.17, 15) is 4.79 Å². The van der Waals surface area contributed by atoms with Gasteiger partial charge in [-0.25, -0.2) is 4.98 Å². The van der Waals surface area contributed by atoms with Crippen LogP contribution in [-0.2, 0) is 0 Å². The molecule has 1 aromatic carbocycles. The zero-order chi connectivity index (χ0) is 14.8. The number of thiazole rings is 1. The number of aromatic nitrogens is 1. The Morgan fingerprint density at radius 2 is 2.05 bits per heavy atom. The molecule has 0 radical (unpaired) electrons. The van der Waals surface area contributed by atoms with Gasteiger partial charge in [-0.2, -0.15) is 0 Å². The number of hydrogen-bond acceptors (Lipinski definition) is 3. The summed E-state index contributed by atoms with van der Waals surface area (Å²) in [6.45, 7) is 4.96. The first-order valence-corrected chi connectivity index (χ1v) is 8.32. The predicted octanol–water partition coefficient (Wildman–Crippen LogP) is 4.13. The molecule has 2 heterocycles. The molecule has 1 atom stereocenters. The van der Waals surface area contributed by atoms with Crippen LogP contribution in [0.2, 0.25) is 0 Å². The van der Waals surface area contributed by atoms with E-state index in [4.69, 9.17) is 0 Å². The number of rotatable bonds is 2. The average molecular weight is 300 g/mol. The minimum atomic E-state index is 0.0883. The lowest BCUT2D eigenvalue weighted by Gasteiger charge is -2.33. The number of benzene rings is 1. The van der Waals surface area contributed by atoms with Crippen molar-refractivity contribution in [2.75, 3.05) is 6.54 Å². The Kier molecular flexibility index (Phi) is 4.06. The second-order valence-corrected chi connectivity index (χ2v) is 6.82. The molecule has 110 valence electrons. The third kappa shape index (κ3) is 2.86. The lowest BCUT2D eigenvalue weighted by atomic mass is 10.0. The van der Waals surface area contributed by atoms with Crippen molar-refractivity contribution in [2.45, 2.75) is 39.2 Å². The quantitative estimate of drug-likeness (QED) is 0.835. The summed E-state index contributed by atoms with van der Waals surface area (Å²) in [6.07, 6.45) is 3.40. The fourth-order valence-electron chi connectivity index (χ4n) is 2.89. The fourth-order valence-corrected chi connectivity index (χ4v) is 3.81. The molecule has 0 bridgehead atoms. The fraction of sp³-hybridized carbons (Fsp3) is 0.412. The highest BCUT2D eigenvalue weighted by Crippen LogP contribution is 2.32. The molecule has 1 aliphatic heterocycles. The molecule has 4 heteroatoms. The summed E-state index contributed by atoms with van der Waals surface area (Å²) in [5.74, 6) is 0.0883. The van der Waals surface area contributed by atoms with E-state index < -0.39 is 0 Å². The molecular formula is C17H20N2OS. The minimum Gasteiger partial charge on any atom is -0.335 e. The summed E-state index contributed by atoms with van der Waals surface area (Å²) in [5, 5.41) is 0.946. The molecule has 1 aromatic heterocycles. The number of amides is 1. The summed E-state index contributed by atoms with van der Waals surface area (Å²) >= 11 is 1.60. The molecule has 0 N–H and O–H groups in total. The van der Waals surface area contributed by atoms with E-state index in [0.29, 0.717) is 11.7 Å². The molecule has 2 aromatic rings. The molecule has 3 rings (SSSR count). The molecular weight excluding hydrogens is 280 g/mol. The lowest BCUT2D eigenvalue weighted by Crippen LogP contribution is -2.42. The Bertz CT molecular complexity index is 635. The third-order valence-corrected chi connectivity index (χ3v) is 5.06. The predicted molar refractivity (Wildman–Crippen MR) is 86.6 cm³/mol. The Morgan fingerprint density at radius 3 is 2.76 bits per heavy atom. The van der Waals surface area contributed by atoms with Gasteiger partial charge in [0.05, 0.1) is 9.88 Å². The summed E-state index contributed by atoms with van der Waals surface area (Å²) in [7, 11) is 0. The summed E-state index contributed by atoms with van der Waals surface area (Å²) in [6, 6.07) is 10.4. The molecule has 21 heavy (non-hydrogen) atoms. The van der Waals surface area contributed by atoms with Gasteiger partial charge in [0.1, 0.15) is 5.69 Å². The zero-order valence-corrected chi connectivity index (χ0v) is 13.3. The van der Waals surface area contributed by atoms with Gasteiger partial charge in [0.2, 0.25) is 0 Å². The van der Waals surface area contributed by atoms with Gasteiger partial charge in [0.25, 0.3) is 5.91 Å². The summed E-state index contributed by atoms with van der Waals surface area (Å²) in [4.78, 5) is 20.4. The van der Waals surface area contributed by atoms with Gasteiger partial charge < -0.3 is 4.90 Å². The van der Waals surface area contributed by atoms with Gasteiger partial charge in [-0.1, -0.05) is 30.3 Å². The smallest absolute Gasteiger partial charge is 0.274 e. The number of piperidine rings is 1. The molecule has 0 aliphatic carbocycles. The highest BCUT2D eigenvalue weighted by molar-refractivity contribution is 7.15. The van der Waals surface area contributed by atoms with Crippen molar-refractivity contribution < 1.29 is 4.79 Å². The van der Waals surface area contributed by atoms with Crippen LogP contribution in [-0.4, -0.2) is 28.4 Å². The molecule has 1 unspecified atom stereocenters. The molecule has 1 fully saturated rings. The van der Waals surface area contributed by atoms with Crippen LogP contribution in [0.5, 0.6) is 0 Å². The topological polar surface area (TPSA) is 33.2 Å². The Hall–Kier alpha value is -1.68. The second-order valence-electron chi connectivity index (χ2n) is 5.62. The maximum Gasteiger partial charge on any atom is 0.274 e. The van der Waals surface area contributed by atoms with E-state index in [1.165, 1.54) is 6.42 Å². The van der Waals surface area contributed by atoms with Crippen molar-refractivity contribution in [3.05, 3.63) is 41.0 Å². The van der Waals surface area contributed by atoms with Gasteiger partial charge in [-0.3, -0.25) is 4.79 Å². The van der Waals surface area contributed by atoms with Crippen LogP contribution in [0.1, 0.15) is 41.7 Å². The Morgan fingerprint density at radius 1 is 1.29 bits per heavy atom. The first-order chi connectivity index (χ1) is 10.2. The largest absolute Gasteiger partial charge is 0.335 e. The van der Waals surface area contributed by atoms with Gasteiger partial charge in [0, 0.05) is 12.6 Å². The van der Waals surface area contributed by atoms with E-state index >= 15 is 0 Å². The molecule has 1 amide bonds. The van der Waals surface area contributed by atoms with Crippen molar-refractivity contribution in [3.8, 4) is 10.4 Å². The van der Waals surface area contributed by atoms with Crippen LogP contribution >= 0.6 is 11.3 Å². The van der Waals surface area contributed by atoms with Gasteiger partial charge in [-0.05, 0) is 38.7 Å². The maximum absolute atomic E-state index is 12.9. The van der Waals surface area contributed by atoms with E-state index in [1.807, 2.05) is 42.2 Å². The summed E-state index contributed by atoms with van der Waals surface area (Å²) in [5.41, 5.74) is 1.70. The van der Waals surface area contributed by atoms with Crippen molar-refractivity contribution in [1.82, 2.24) is 9.88 Å². The Balaban J connectivity index is 1.97. The first kappa shape index (κ1) is 14.3. The highest BCUT2D eigenvalue weighted by atomic mass is 32.1. The molecule has 0 saturated carbocycles. The van der Waals surface area contributed by atoms with Crippen LogP contribution in [0, 0.1) is 6.92 Å². The molecule has 0 spiro atoms. The molecule has 1 aliphatic rings. The van der Waals surface area contributed by atoms with Crippen LogP contribution in [0.15, 0.2) is 30.3 Å². The monoisotopic (exact) mass is 300 g/mol. The highest BCUT2D eigenvalue weighted by Gasteiger charge is 2.28. The zero-order valence-electron chi connectivity index (χ0n) is 12.5. The molecule has 1 saturated heterocycles. The van der Waals surface area contributed by atoms with Crippen LogP contribution in [0.3, 0.4) is 0 Å². The van der Waals surface area contributed by atoms with Gasteiger partial charge in [0.15, 0.2) is 0 Å².